The molecule has 1 aromatic heterocycles. The highest BCUT2D eigenvalue weighted by molar-refractivity contribution is 7.88. The third kappa shape index (κ3) is 5.49. The molecule has 12 heteroatoms. The number of nitrogens with one attached hydrogen (secondary N) is 1. The molecule has 1 N–H and O–H groups in total. The fourth-order valence-electron chi connectivity index (χ4n) is 6.54. The van der Waals surface area contributed by atoms with Crippen molar-refractivity contribution in [1.29, 1.82) is 0 Å². The predicted molar refractivity (Wildman–Crippen MR) is 154 cm³/mol. The molecular weight excluding hydrogens is 583 g/mol. The van der Waals surface area contributed by atoms with E-state index in [0.29, 0.717) is 30.3 Å². The van der Waals surface area contributed by atoms with Crippen LogP contribution in [0.4, 0.5) is 18.0 Å². The number of rotatable bonds is 5. The van der Waals surface area contributed by atoms with Crippen molar-refractivity contribution in [3.05, 3.63) is 59.5 Å². The summed E-state index contributed by atoms with van der Waals surface area (Å²) in [5, 5.41) is 0. The Hall–Kier alpha value is -3.54. The predicted octanol–water partition coefficient (Wildman–Crippen LogP) is 7.34. The number of ether oxygens (including phenoxy) is 1. The first-order chi connectivity index (χ1) is 20.1. The van der Waals surface area contributed by atoms with Crippen LogP contribution in [0.2, 0.25) is 0 Å². The maximum absolute atomic E-state index is 13.0. The molecule has 43 heavy (non-hydrogen) atoms. The average molecular weight is 618 g/mol. The highest BCUT2D eigenvalue weighted by atomic mass is 32.2. The second-order valence-corrected chi connectivity index (χ2v) is 14.4. The number of hydrogen-bond donors (Lipinski definition) is 1. The van der Waals surface area contributed by atoms with Crippen molar-refractivity contribution < 1.29 is 35.3 Å². The van der Waals surface area contributed by atoms with Gasteiger partial charge < -0.3 is 13.9 Å². The van der Waals surface area contributed by atoms with Crippen molar-refractivity contribution >= 4 is 16.2 Å². The standard InChI is InChI=1S/C31H34F3N3O5S/c1-17-13-25(37(16-17)29(38)41-30(2,3)4)28-35-15-24(36-28)19-7-5-18(6-8-19)21-11-12-26(42-43(39,40)31(32,33)34)23-14-20-9-10-22(20)27(21)23/h5-8,11-12,15,17,20,22,25H,9-10,13-14,16H2,1-4H3,(H,35,36)/t17-,20?,22?,25-/m0/s1. The lowest BCUT2D eigenvalue weighted by Gasteiger charge is -2.31. The van der Waals surface area contributed by atoms with E-state index in [4.69, 9.17) is 4.74 Å². The monoisotopic (exact) mass is 617 g/mol. The summed E-state index contributed by atoms with van der Waals surface area (Å²) in [6.45, 7) is 8.20. The number of halogens is 3. The Kier molecular flexibility index (Phi) is 7.06. The third-order valence-corrected chi connectivity index (χ3v) is 9.57. The summed E-state index contributed by atoms with van der Waals surface area (Å²) in [5.74, 6) is 1.18. The largest absolute Gasteiger partial charge is 0.534 e. The van der Waals surface area contributed by atoms with Crippen LogP contribution in [0.3, 0.4) is 0 Å². The van der Waals surface area contributed by atoms with Crippen molar-refractivity contribution in [2.75, 3.05) is 6.54 Å². The number of aromatic nitrogens is 2. The zero-order chi connectivity index (χ0) is 30.9. The van der Waals surface area contributed by atoms with E-state index in [9.17, 15) is 26.4 Å². The van der Waals surface area contributed by atoms with Crippen LogP contribution in [0.1, 0.15) is 75.9 Å². The van der Waals surface area contributed by atoms with E-state index >= 15 is 0 Å². The molecule has 2 heterocycles. The summed E-state index contributed by atoms with van der Waals surface area (Å²) in [5.41, 5.74) is -1.27. The van der Waals surface area contributed by atoms with Crippen LogP contribution >= 0.6 is 0 Å². The SMILES string of the molecule is C[C@H]1C[C@@H](c2ncc(-c3ccc(-c4ccc(OS(=O)(=O)C(F)(F)F)c5c4C4CCC4C5)cc3)[nH]2)N(C(=O)OC(C)(C)C)C1. The van der Waals surface area contributed by atoms with Gasteiger partial charge in [0.15, 0.2) is 0 Å². The van der Waals surface area contributed by atoms with Gasteiger partial charge in [0.05, 0.1) is 17.9 Å². The van der Waals surface area contributed by atoms with Crippen molar-refractivity contribution in [3.8, 4) is 28.1 Å². The summed E-state index contributed by atoms with van der Waals surface area (Å²) in [7, 11) is -5.76. The number of benzene rings is 2. The van der Waals surface area contributed by atoms with Gasteiger partial charge >= 0.3 is 21.7 Å². The van der Waals surface area contributed by atoms with Crippen LogP contribution in [0, 0.1) is 11.8 Å². The van der Waals surface area contributed by atoms with E-state index in [-0.39, 0.29) is 29.7 Å². The molecule has 2 aliphatic carbocycles. The molecule has 2 unspecified atom stereocenters. The molecule has 6 rings (SSSR count). The van der Waals surface area contributed by atoms with E-state index in [1.54, 1.807) is 17.2 Å². The highest BCUT2D eigenvalue weighted by Gasteiger charge is 2.50. The van der Waals surface area contributed by atoms with Gasteiger partial charge in [-0.1, -0.05) is 37.3 Å². The molecule has 0 spiro atoms. The van der Waals surface area contributed by atoms with Crippen LogP contribution in [-0.4, -0.2) is 47.0 Å². The number of nitrogens with zero attached hydrogens (tertiary/aromatic N) is 2. The van der Waals surface area contributed by atoms with Gasteiger partial charge in [-0.3, -0.25) is 4.90 Å². The van der Waals surface area contributed by atoms with Gasteiger partial charge in [-0.05, 0) is 92.5 Å². The molecule has 1 saturated heterocycles. The van der Waals surface area contributed by atoms with E-state index in [0.717, 1.165) is 47.2 Å². The normalized spacial score (nSPS) is 23.5. The van der Waals surface area contributed by atoms with Crippen LogP contribution in [0.15, 0.2) is 42.6 Å². The molecule has 1 amide bonds. The highest BCUT2D eigenvalue weighted by Crippen LogP contribution is 2.56. The van der Waals surface area contributed by atoms with E-state index in [1.165, 1.54) is 6.07 Å². The van der Waals surface area contributed by atoms with Gasteiger partial charge in [-0.15, -0.1) is 0 Å². The van der Waals surface area contributed by atoms with Crippen molar-refractivity contribution in [1.82, 2.24) is 14.9 Å². The minimum Gasteiger partial charge on any atom is -0.444 e. The number of carbonyl (C=O) groups is 1. The Bertz CT molecular complexity index is 1660. The second kappa shape index (κ2) is 10.3. The smallest absolute Gasteiger partial charge is 0.444 e. The lowest BCUT2D eigenvalue weighted by Crippen LogP contribution is -2.37. The van der Waals surface area contributed by atoms with Crippen molar-refractivity contribution in [3.63, 3.8) is 0 Å². The summed E-state index contributed by atoms with van der Waals surface area (Å²) < 4.78 is 72.8. The average Bonchev–Trinajstić information content (AvgIpc) is 3.59. The molecule has 3 aliphatic rings. The maximum Gasteiger partial charge on any atom is 0.534 e. The molecule has 230 valence electrons. The first-order valence-electron chi connectivity index (χ1n) is 14.4. The molecule has 2 fully saturated rings. The van der Waals surface area contributed by atoms with E-state index < -0.39 is 21.2 Å². The number of imidazole rings is 1. The van der Waals surface area contributed by atoms with Gasteiger partial charge in [0.2, 0.25) is 0 Å². The topological polar surface area (TPSA) is 102 Å². The number of amides is 1. The number of aromatic amines is 1. The Balaban J connectivity index is 1.26. The fourth-order valence-corrected chi connectivity index (χ4v) is 7.03. The van der Waals surface area contributed by atoms with Crippen LogP contribution in [-0.2, 0) is 21.3 Å². The molecule has 1 aliphatic heterocycles. The third-order valence-electron chi connectivity index (χ3n) is 8.61. The fraction of sp³-hybridized carbons (Fsp3) is 0.484. The molecule has 8 nitrogen and oxygen atoms in total. The molecule has 3 aromatic rings. The maximum atomic E-state index is 13.0. The first-order valence-corrected chi connectivity index (χ1v) is 15.8. The van der Waals surface area contributed by atoms with Crippen LogP contribution < -0.4 is 4.18 Å². The van der Waals surface area contributed by atoms with Gasteiger partial charge in [0, 0.05) is 12.1 Å². The van der Waals surface area contributed by atoms with Gasteiger partial charge in [-0.2, -0.15) is 21.6 Å². The minimum absolute atomic E-state index is 0.165. The molecule has 1 saturated carbocycles. The summed E-state index contributed by atoms with van der Waals surface area (Å²) in [4.78, 5) is 22.6. The molecule has 2 aromatic carbocycles. The summed E-state index contributed by atoms with van der Waals surface area (Å²) >= 11 is 0. The van der Waals surface area contributed by atoms with Gasteiger partial charge in [-0.25, -0.2) is 9.78 Å². The van der Waals surface area contributed by atoms with Crippen LogP contribution in [0.5, 0.6) is 5.75 Å². The van der Waals surface area contributed by atoms with Crippen LogP contribution in [0.25, 0.3) is 22.4 Å². The second-order valence-electron chi connectivity index (χ2n) is 12.9. The van der Waals surface area contributed by atoms with Crippen molar-refractivity contribution in [2.24, 2.45) is 11.8 Å². The van der Waals surface area contributed by atoms with Gasteiger partial charge in [0.1, 0.15) is 17.2 Å². The zero-order valence-corrected chi connectivity index (χ0v) is 25.2. The lowest BCUT2D eigenvalue weighted by molar-refractivity contribution is -0.0500. The quantitative estimate of drug-likeness (QED) is 0.238. The number of hydrogen-bond acceptors (Lipinski definition) is 6. The zero-order valence-electron chi connectivity index (χ0n) is 24.4. The Labute approximate surface area is 248 Å². The number of fused-ring (bicyclic) bond motifs is 3. The first kappa shape index (κ1) is 29.5. The Morgan fingerprint density at radius 3 is 2.37 bits per heavy atom. The minimum atomic E-state index is -5.76. The molecule has 4 atom stereocenters. The lowest BCUT2D eigenvalue weighted by atomic mass is 9.73. The summed E-state index contributed by atoms with van der Waals surface area (Å²) in [6, 6.07) is 10.5. The Morgan fingerprint density at radius 1 is 1.05 bits per heavy atom. The molecular formula is C31H34F3N3O5S. The van der Waals surface area contributed by atoms with E-state index in [2.05, 4.69) is 21.1 Å². The Morgan fingerprint density at radius 2 is 1.74 bits per heavy atom. The van der Waals surface area contributed by atoms with Gasteiger partial charge in [0.25, 0.3) is 0 Å². The summed E-state index contributed by atoms with van der Waals surface area (Å²) in [6.07, 6.45) is 4.47. The molecule has 0 radical (unpaired) electrons. The van der Waals surface area contributed by atoms with Crippen molar-refractivity contribution in [2.45, 2.75) is 76.4 Å². The van der Waals surface area contributed by atoms with E-state index in [1.807, 2.05) is 45.0 Å². The molecule has 0 bridgehead atoms. The number of carbonyl (C=O) groups excluding carboxylic acids is 1. The number of H-pyrrole nitrogens is 1. The number of likely N-dealkylation sites (tertiary alicyclic amines) is 1. The number of alkyl halides is 3.